The van der Waals surface area contributed by atoms with Crippen molar-refractivity contribution in [2.24, 2.45) is 11.7 Å². The average molecular weight is 309 g/mol. The number of nitrogens with zero attached hydrogens (tertiary/aromatic N) is 1. The number of hydrogen-bond acceptors (Lipinski definition) is 3. The van der Waals surface area contributed by atoms with Crippen LogP contribution in [0.4, 0.5) is 5.69 Å². The molecule has 1 aromatic carbocycles. The van der Waals surface area contributed by atoms with E-state index in [-0.39, 0.29) is 0 Å². The zero-order valence-corrected chi connectivity index (χ0v) is 15.2. The predicted octanol–water partition coefficient (Wildman–Crippen LogP) is 4.91. The SMILES string of the molecule is CCSc1cccc(N(CC(C)C)C(CC)CC)c1CN. The Morgan fingerprint density at radius 1 is 1.14 bits per heavy atom. The van der Waals surface area contributed by atoms with E-state index in [2.05, 4.69) is 57.7 Å². The van der Waals surface area contributed by atoms with Crippen molar-refractivity contribution >= 4 is 17.4 Å². The largest absolute Gasteiger partial charge is 0.368 e. The summed E-state index contributed by atoms with van der Waals surface area (Å²) in [7, 11) is 0. The maximum atomic E-state index is 6.09. The summed E-state index contributed by atoms with van der Waals surface area (Å²) in [5, 5.41) is 0. The van der Waals surface area contributed by atoms with E-state index in [0.29, 0.717) is 18.5 Å². The second-order valence-corrected chi connectivity index (χ2v) is 7.21. The van der Waals surface area contributed by atoms with Crippen LogP contribution in [-0.4, -0.2) is 18.3 Å². The van der Waals surface area contributed by atoms with Crippen molar-refractivity contribution < 1.29 is 0 Å². The van der Waals surface area contributed by atoms with Crippen molar-refractivity contribution in [2.75, 3.05) is 17.2 Å². The second kappa shape index (κ2) is 9.37. The van der Waals surface area contributed by atoms with E-state index in [4.69, 9.17) is 5.73 Å². The fourth-order valence-corrected chi connectivity index (χ4v) is 3.73. The molecule has 0 atom stereocenters. The molecule has 0 unspecified atom stereocenters. The number of thioether (sulfide) groups is 1. The molecule has 0 fully saturated rings. The molecule has 0 spiro atoms. The molecule has 21 heavy (non-hydrogen) atoms. The lowest BCUT2D eigenvalue weighted by Crippen LogP contribution is -2.38. The molecule has 1 rings (SSSR count). The van der Waals surface area contributed by atoms with Gasteiger partial charge >= 0.3 is 0 Å². The quantitative estimate of drug-likeness (QED) is 0.657. The van der Waals surface area contributed by atoms with Crippen molar-refractivity contribution in [1.82, 2.24) is 0 Å². The molecule has 0 amide bonds. The van der Waals surface area contributed by atoms with Crippen LogP contribution in [0, 0.1) is 5.92 Å². The highest BCUT2D eigenvalue weighted by Crippen LogP contribution is 2.33. The Hall–Kier alpha value is -0.670. The Labute approximate surface area is 135 Å². The van der Waals surface area contributed by atoms with Crippen LogP contribution >= 0.6 is 11.8 Å². The highest BCUT2D eigenvalue weighted by Gasteiger charge is 2.20. The molecule has 0 aliphatic heterocycles. The van der Waals surface area contributed by atoms with Crippen LogP contribution in [0.5, 0.6) is 0 Å². The van der Waals surface area contributed by atoms with Crippen molar-refractivity contribution in [2.45, 2.75) is 64.9 Å². The summed E-state index contributed by atoms with van der Waals surface area (Å²) < 4.78 is 0. The van der Waals surface area contributed by atoms with Crippen molar-refractivity contribution in [1.29, 1.82) is 0 Å². The minimum Gasteiger partial charge on any atom is -0.368 e. The highest BCUT2D eigenvalue weighted by molar-refractivity contribution is 7.99. The molecular weight excluding hydrogens is 276 g/mol. The average Bonchev–Trinajstić information content (AvgIpc) is 2.47. The fourth-order valence-electron chi connectivity index (χ4n) is 2.89. The first kappa shape index (κ1) is 18.4. The topological polar surface area (TPSA) is 29.3 Å². The monoisotopic (exact) mass is 308 g/mol. The van der Waals surface area contributed by atoms with Gasteiger partial charge in [-0.3, -0.25) is 0 Å². The summed E-state index contributed by atoms with van der Waals surface area (Å²) in [5.74, 6) is 1.74. The lowest BCUT2D eigenvalue weighted by Gasteiger charge is -2.36. The van der Waals surface area contributed by atoms with Gasteiger partial charge in [0.15, 0.2) is 0 Å². The first-order valence-electron chi connectivity index (χ1n) is 8.30. The van der Waals surface area contributed by atoms with Gasteiger partial charge in [-0.2, -0.15) is 0 Å². The van der Waals surface area contributed by atoms with Crippen LogP contribution in [0.15, 0.2) is 23.1 Å². The normalized spacial score (nSPS) is 11.4. The summed E-state index contributed by atoms with van der Waals surface area (Å²) in [6.45, 7) is 13.1. The maximum Gasteiger partial charge on any atom is 0.0425 e. The van der Waals surface area contributed by atoms with Crippen LogP contribution < -0.4 is 10.6 Å². The standard InChI is InChI=1S/C18H32N2S/c1-6-15(7-2)20(13-14(4)5)17-10-9-11-18(21-8-3)16(17)12-19/h9-11,14-15H,6-8,12-13,19H2,1-5H3. The van der Waals surface area contributed by atoms with Gasteiger partial charge in [0.1, 0.15) is 0 Å². The van der Waals surface area contributed by atoms with Gasteiger partial charge in [0.25, 0.3) is 0 Å². The molecule has 0 heterocycles. The molecule has 0 saturated heterocycles. The molecule has 0 aliphatic rings. The van der Waals surface area contributed by atoms with Crippen LogP contribution in [0.2, 0.25) is 0 Å². The van der Waals surface area contributed by atoms with E-state index in [0.717, 1.165) is 12.3 Å². The third kappa shape index (κ3) is 4.93. The van der Waals surface area contributed by atoms with E-state index in [1.807, 2.05) is 11.8 Å². The number of benzene rings is 1. The zero-order chi connectivity index (χ0) is 15.8. The molecule has 2 nitrogen and oxygen atoms in total. The molecular formula is C18H32N2S. The summed E-state index contributed by atoms with van der Waals surface area (Å²) >= 11 is 1.90. The summed E-state index contributed by atoms with van der Waals surface area (Å²) in [6, 6.07) is 7.24. The molecule has 1 aromatic rings. The van der Waals surface area contributed by atoms with Gasteiger partial charge in [0.05, 0.1) is 0 Å². The molecule has 2 N–H and O–H groups in total. The first-order valence-corrected chi connectivity index (χ1v) is 9.28. The Morgan fingerprint density at radius 3 is 2.29 bits per heavy atom. The van der Waals surface area contributed by atoms with Crippen LogP contribution in [0.3, 0.4) is 0 Å². The smallest absolute Gasteiger partial charge is 0.0425 e. The van der Waals surface area contributed by atoms with Gasteiger partial charge < -0.3 is 10.6 Å². The van der Waals surface area contributed by atoms with Crippen LogP contribution in [0.25, 0.3) is 0 Å². The molecule has 0 aromatic heterocycles. The zero-order valence-electron chi connectivity index (χ0n) is 14.4. The van der Waals surface area contributed by atoms with Gasteiger partial charge in [-0.25, -0.2) is 0 Å². The highest BCUT2D eigenvalue weighted by atomic mass is 32.2. The van der Waals surface area contributed by atoms with E-state index in [1.54, 1.807) is 0 Å². The third-order valence-electron chi connectivity index (χ3n) is 3.87. The van der Waals surface area contributed by atoms with E-state index in [9.17, 15) is 0 Å². The van der Waals surface area contributed by atoms with E-state index >= 15 is 0 Å². The number of anilines is 1. The lowest BCUT2D eigenvalue weighted by atomic mass is 10.0. The number of hydrogen-bond donors (Lipinski definition) is 1. The number of nitrogens with two attached hydrogens (primary N) is 1. The van der Waals surface area contributed by atoms with Gasteiger partial charge in [0.2, 0.25) is 0 Å². The van der Waals surface area contributed by atoms with Gasteiger partial charge in [-0.15, -0.1) is 11.8 Å². The molecule has 3 heteroatoms. The Balaban J connectivity index is 3.25. The van der Waals surface area contributed by atoms with Crippen LogP contribution in [0.1, 0.15) is 53.0 Å². The molecule has 0 saturated carbocycles. The fraction of sp³-hybridized carbons (Fsp3) is 0.667. The summed E-state index contributed by atoms with van der Waals surface area (Å²) in [6.07, 6.45) is 2.36. The van der Waals surface area contributed by atoms with Crippen molar-refractivity contribution in [3.05, 3.63) is 23.8 Å². The summed E-state index contributed by atoms with van der Waals surface area (Å²) in [5.41, 5.74) is 8.76. The Morgan fingerprint density at radius 2 is 1.81 bits per heavy atom. The Kier molecular flexibility index (Phi) is 8.20. The number of rotatable bonds is 9. The second-order valence-electron chi connectivity index (χ2n) is 5.91. The minimum atomic E-state index is 0.597. The molecule has 0 bridgehead atoms. The van der Waals surface area contributed by atoms with Crippen molar-refractivity contribution in [3.63, 3.8) is 0 Å². The van der Waals surface area contributed by atoms with E-state index < -0.39 is 0 Å². The maximum absolute atomic E-state index is 6.09. The molecule has 120 valence electrons. The van der Waals surface area contributed by atoms with Gasteiger partial charge in [0, 0.05) is 35.3 Å². The van der Waals surface area contributed by atoms with E-state index in [1.165, 1.54) is 29.0 Å². The third-order valence-corrected chi connectivity index (χ3v) is 4.85. The Bertz CT molecular complexity index is 414. The van der Waals surface area contributed by atoms with Gasteiger partial charge in [-0.1, -0.05) is 40.7 Å². The van der Waals surface area contributed by atoms with Crippen molar-refractivity contribution in [3.8, 4) is 0 Å². The molecule has 0 aliphatic carbocycles. The van der Waals surface area contributed by atoms with Gasteiger partial charge in [-0.05, 0) is 36.6 Å². The first-order chi connectivity index (χ1) is 10.1. The lowest BCUT2D eigenvalue weighted by molar-refractivity contribution is 0.506. The summed E-state index contributed by atoms with van der Waals surface area (Å²) in [4.78, 5) is 3.93. The minimum absolute atomic E-state index is 0.597. The molecule has 0 radical (unpaired) electrons. The predicted molar refractivity (Wildman–Crippen MR) is 97.3 cm³/mol. The van der Waals surface area contributed by atoms with Crippen LogP contribution in [-0.2, 0) is 6.54 Å².